The highest BCUT2D eigenvalue weighted by Gasteiger charge is 2.32. The first-order valence-corrected chi connectivity index (χ1v) is 18.8. The number of halogens is 2. The molecule has 6 aromatic rings. The van der Waals surface area contributed by atoms with Crippen LogP contribution in [0.5, 0.6) is 5.75 Å². The molecule has 0 saturated carbocycles. The highest BCUT2D eigenvalue weighted by atomic mass is 19.3. The third-order valence-corrected chi connectivity index (χ3v) is 11.1. The number of piperazine rings is 1. The van der Waals surface area contributed by atoms with Gasteiger partial charge in [-0.1, -0.05) is 24.3 Å². The Morgan fingerprint density at radius 2 is 1.54 bits per heavy atom. The van der Waals surface area contributed by atoms with Crippen molar-refractivity contribution in [1.82, 2.24) is 24.7 Å². The standard InChI is InChI=1S/C43H40F2N6O6/c1-24-30(7-4-9-32(24)40-47-34-19-29(23-51-12-6-11-36(51)42(53)54)37(56-43(44)45)20-38(34)55-40)31-8-5-10-33(25(31)2)41-48-35-18-27(17-28(21-46)39(35)57-41)22-49-13-15-50(16-14-49)26(3)52/h4-5,7-10,17-20,36,43H,6,11-16,22-23H2,1-3H3,(H,53,54)/t36-/m0/s1. The predicted molar refractivity (Wildman–Crippen MR) is 207 cm³/mol. The number of ether oxygens (including phenoxy) is 1. The second kappa shape index (κ2) is 15.4. The smallest absolute Gasteiger partial charge is 0.387 e. The number of aromatic nitrogens is 2. The van der Waals surface area contributed by atoms with E-state index in [4.69, 9.17) is 23.5 Å². The lowest BCUT2D eigenvalue weighted by molar-refractivity contribution is -0.142. The number of carbonyl (C=O) groups is 2. The second-order valence-corrected chi connectivity index (χ2v) is 14.7. The number of aliphatic carboxylic acids is 1. The van der Waals surface area contributed by atoms with E-state index < -0.39 is 18.6 Å². The molecule has 0 aliphatic carbocycles. The van der Waals surface area contributed by atoms with E-state index in [9.17, 15) is 28.7 Å². The number of likely N-dealkylation sites (tertiary alicyclic amines) is 1. The minimum absolute atomic E-state index is 0.0756. The molecule has 2 fully saturated rings. The Bertz CT molecular complexity index is 2570. The van der Waals surface area contributed by atoms with Gasteiger partial charge in [0, 0.05) is 68.9 Å². The van der Waals surface area contributed by atoms with Crippen LogP contribution in [0.3, 0.4) is 0 Å². The van der Waals surface area contributed by atoms with Gasteiger partial charge < -0.3 is 23.6 Å². The van der Waals surface area contributed by atoms with Crippen LogP contribution < -0.4 is 4.74 Å². The van der Waals surface area contributed by atoms with Crippen LogP contribution in [0.15, 0.2) is 69.5 Å². The molecule has 4 aromatic carbocycles. The van der Waals surface area contributed by atoms with Gasteiger partial charge in [0.05, 0.1) is 5.56 Å². The lowest BCUT2D eigenvalue weighted by Gasteiger charge is -2.34. The van der Waals surface area contributed by atoms with E-state index in [1.807, 2.05) is 67.3 Å². The fraction of sp³-hybridized carbons (Fsp3) is 0.326. The van der Waals surface area contributed by atoms with Gasteiger partial charge in [-0.2, -0.15) is 14.0 Å². The molecule has 292 valence electrons. The molecule has 0 unspecified atom stereocenters. The SMILES string of the molecule is CC(=O)N1CCN(Cc2cc(C#N)c3oc(-c4cccc(-c5cccc(-c6nc7cc(CN8CCC[C@H]8C(=O)O)c(OC(F)F)cc7o6)c5C)c4C)nc3c2)CC1. The highest BCUT2D eigenvalue weighted by Crippen LogP contribution is 2.39. The molecule has 0 bridgehead atoms. The number of amides is 1. The summed E-state index contributed by atoms with van der Waals surface area (Å²) in [6.07, 6.45) is 1.17. The maximum absolute atomic E-state index is 13.5. The van der Waals surface area contributed by atoms with E-state index in [1.165, 1.54) is 6.07 Å². The van der Waals surface area contributed by atoms with Crippen LogP contribution in [0.25, 0.3) is 56.2 Å². The number of benzene rings is 4. The summed E-state index contributed by atoms with van der Waals surface area (Å²) in [7, 11) is 0. The number of alkyl halides is 2. The fourth-order valence-electron chi connectivity index (χ4n) is 8.13. The molecular weight excluding hydrogens is 735 g/mol. The molecule has 2 aromatic heterocycles. The molecule has 12 nitrogen and oxygen atoms in total. The van der Waals surface area contributed by atoms with Gasteiger partial charge in [0.1, 0.15) is 28.9 Å². The van der Waals surface area contributed by atoms with E-state index in [0.717, 1.165) is 46.5 Å². The average molecular weight is 775 g/mol. The summed E-state index contributed by atoms with van der Waals surface area (Å²) in [6, 6.07) is 20.0. The van der Waals surface area contributed by atoms with Crippen LogP contribution >= 0.6 is 0 Å². The molecule has 1 N–H and O–H groups in total. The van der Waals surface area contributed by atoms with Gasteiger partial charge in [0.25, 0.3) is 0 Å². The molecule has 8 rings (SSSR count). The summed E-state index contributed by atoms with van der Waals surface area (Å²) in [5.74, 6) is -0.276. The van der Waals surface area contributed by atoms with Gasteiger partial charge in [-0.25, -0.2) is 9.97 Å². The molecular formula is C43H40F2N6O6. The van der Waals surface area contributed by atoms with Crippen molar-refractivity contribution in [3.8, 4) is 45.9 Å². The normalized spacial score (nSPS) is 16.5. The van der Waals surface area contributed by atoms with Crippen molar-refractivity contribution in [3.63, 3.8) is 0 Å². The number of nitrogens with zero attached hydrogens (tertiary/aromatic N) is 6. The van der Waals surface area contributed by atoms with Crippen LogP contribution in [-0.4, -0.2) is 87.0 Å². The average Bonchev–Trinajstić information content (AvgIpc) is 3.94. The number of carboxylic acids is 1. The Balaban J connectivity index is 1.10. The number of hydrogen-bond acceptors (Lipinski definition) is 10. The van der Waals surface area contributed by atoms with Gasteiger partial charge in [0.2, 0.25) is 17.7 Å². The van der Waals surface area contributed by atoms with Gasteiger partial charge >= 0.3 is 12.6 Å². The Morgan fingerprint density at radius 1 is 0.895 bits per heavy atom. The third kappa shape index (κ3) is 7.43. The number of fused-ring (bicyclic) bond motifs is 2. The summed E-state index contributed by atoms with van der Waals surface area (Å²) in [5.41, 5.74) is 8.52. The summed E-state index contributed by atoms with van der Waals surface area (Å²) in [6.45, 7) is 6.55. The Labute approximate surface area is 326 Å². The third-order valence-electron chi connectivity index (χ3n) is 11.1. The summed E-state index contributed by atoms with van der Waals surface area (Å²) < 4.78 is 44.4. The van der Waals surface area contributed by atoms with E-state index >= 15 is 0 Å². The molecule has 57 heavy (non-hydrogen) atoms. The molecule has 4 heterocycles. The largest absolute Gasteiger partial charge is 0.480 e. The van der Waals surface area contributed by atoms with Crippen LogP contribution in [0.1, 0.15) is 47.6 Å². The van der Waals surface area contributed by atoms with E-state index in [1.54, 1.807) is 17.9 Å². The van der Waals surface area contributed by atoms with Crippen LogP contribution in [-0.2, 0) is 22.7 Å². The van der Waals surface area contributed by atoms with E-state index in [2.05, 4.69) is 11.0 Å². The summed E-state index contributed by atoms with van der Waals surface area (Å²) in [5, 5.41) is 19.7. The van der Waals surface area contributed by atoms with Gasteiger partial charge in [-0.3, -0.25) is 19.4 Å². The number of oxazole rings is 2. The van der Waals surface area contributed by atoms with Gasteiger partial charge in [0.15, 0.2) is 11.2 Å². The number of nitriles is 1. The molecule has 2 aliphatic rings. The quantitative estimate of drug-likeness (QED) is 0.145. The molecule has 2 aliphatic heterocycles. The Hall–Kier alpha value is -6.17. The molecule has 1 atom stereocenters. The molecule has 0 spiro atoms. The minimum Gasteiger partial charge on any atom is -0.480 e. The molecule has 2 saturated heterocycles. The van der Waals surface area contributed by atoms with Gasteiger partial charge in [-0.05, 0) is 91.4 Å². The number of rotatable bonds is 10. The fourth-order valence-corrected chi connectivity index (χ4v) is 8.13. The first kappa shape index (κ1) is 37.7. The topological polar surface area (TPSA) is 149 Å². The minimum atomic E-state index is -3.08. The van der Waals surface area contributed by atoms with Crippen molar-refractivity contribution in [2.75, 3.05) is 32.7 Å². The van der Waals surface area contributed by atoms with Crippen molar-refractivity contribution in [1.29, 1.82) is 5.26 Å². The van der Waals surface area contributed by atoms with E-state index in [-0.39, 0.29) is 23.8 Å². The summed E-state index contributed by atoms with van der Waals surface area (Å²) >= 11 is 0. The van der Waals surface area contributed by atoms with Crippen molar-refractivity contribution in [2.45, 2.75) is 59.4 Å². The van der Waals surface area contributed by atoms with Crippen LogP contribution in [0, 0.1) is 25.2 Å². The van der Waals surface area contributed by atoms with Crippen LogP contribution in [0.2, 0.25) is 0 Å². The van der Waals surface area contributed by atoms with Crippen molar-refractivity contribution < 1.29 is 37.0 Å². The first-order chi connectivity index (χ1) is 27.5. The zero-order valence-electron chi connectivity index (χ0n) is 31.7. The lowest BCUT2D eigenvalue weighted by Crippen LogP contribution is -2.47. The Kier molecular flexibility index (Phi) is 10.2. The first-order valence-electron chi connectivity index (χ1n) is 18.8. The predicted octanol–water partition coefficient (Wildman–Crippen LogP) is 7.77. The number of hydrogen-bond donors (Lipinski definition) is 1. The zero-order chi connectivity index (χ0) is 40.0. The summed E-state index contributed by atoms with van der Waals surface area (Å²) in [4.78, 5) is 39.1. The van der Waals surface area contributed by atoms with Gasteiger partial charge in [-0.15, -0.1) is 0 Å². The molecule has 0 radical (unpaired) electrons. The maximum atomic E-state index is 13.5. The second-order valence-electron chi connectivity index (χ2n) is 14.7. The van der Waals surface area contributed by atoms with Crippen molar-refractivity contribution >= 4 is 34.1 Å². The van der Waals surface area contributed by atoms with Crippen molar-refractivity contribution in [3.05, 3.63) is 88.5 Å². The highest BCUT2D eigenvalue weighted by molar-refractivity contribution is 5.86. The lowest BCUT2D eigenvalue weighted by atomic mass is 9.91. The monoisotopic (exact) mass is 774 g/mol. The van der Waals surface area contributed by atoms with Crippen LogP contribution in [0.4, 0.5) is 8.78 Å². The van der Waals surface area contributed by atoms with Crippen molar-refractivity contribution in [2.24, 2.45) is 0 Å². The maximum Gasteiger partial charge on any atom is 0.387 e. The number of carbonyl (C=O) groups excluding carboxylic acids is 1. The molecule has 14 heteroatoms. The Morgan fingerprint density at radius 3 is 2.18 bits per heavy atom. The molecule has 1 amide bonds. The number of carboxylic acid groups (broad SMARTS) is 1. The van der Waals surface area contributed by atoms with E-state index in [0.29, 0.717) is 84.1 Å². The zero-order valence-corrected chi connectivity index (χ0v) is 31.7.